The van der Waals surface area contributed by atoms with Crippen molar-refractivity contribution >= 4 is 11.6 Å². The molecule has 0 bridgehead atoms. The lowest BCUT2D eigenvalue weighted by Crippen LogP contribution is -2.28. The van der Waals surface area contributed by atoms with E-state index in [0.29, 0.717) is 19.0 Å². The van der Waals surface area contributed by atoms with Crippen molar-refractivity contribution in [2.75, 3.05) is 11.9 Å². The number of rotatable bonds is 4. The Morgan fingerprint density at radius 2 is 2.17 bits per heavy atom. The summed E-state index contributed by atoms with van der Waals surface area (Å²) in [5.41, 5.74) is 2.88. The van der Waals surface area contributed by atoms with E-state index >= 15 is 0 Å². The number of hydrogen-bond acceptors (Lipinski definition) is 3. The molecule has 0 radical (unpaired) electrons. The second kappa shape index (κ2) is 5.50. The van der Waals surface area contributed by atoms with Gasteiger partial charge in [0, 0.05) is 24.7 Å². The molecule has 0 aromatic heterocycles. The first-order chi connectivity index (χ1) is 8.56. The zero-order chi connectivity index (χ0) is 13.1. The van der Waals surface area contributed by atoms with Gasteiger partial charge in [0.25, 0.3) is 0 Å². The van der Waals surface area contributed by atoms with Crippen molar-refractivity contribution in [1.82, 2.24) is 5.32 Å². The van der Waals surface area contributed by atoms with Crippen molar-refractivity contribution in [1.29, 1.82) is 0 Å². The van der Waals surface area contributed by atoms with Crippen LogP contribution in [0.4, 0.5) is 5.69 Å². The average Bonchev–Trinajstić information content (AvgIpc) is 2.35. The molecule has 1 aromatic carbocycles. The summed E-state index contributed by atoms with van der Waals surface area (Å²) >= 11 is 0. The fourth-order valence-corrected chi connectivity index (χ4v) is 2.08. The number of aliphatic hydroxyl groups excluding tert-OH is 1. The van der Waals surface area contributed by atoms with Crippen LogP contribution in [0.25, 0.3) is 0 Å². The number of hydrogen-bond donors (Lipinski definition) is 3. The number of aryl methyl sites for hydroxylation is 1. The third-order valence-electron chi connectivity index (χ3n) is 3.13. The SMILES string of the molecule is CC(C)NCC(O)c1ccc2c(c1)CCC(=O)N2. The second-order valence-electron chi connectivity index (χ2n) is 5.04. The summed E-state index contributed by atoms with van der Waals surface area (Å²) in [6.07, 6.45) is 0.770. The summed E-state index contributed by atoms with van der Waals surface area (Å²) in [5.74, 6) is 0.0669. The van der Waals surface area contributed by atoms with E-state index in [1.54, 1.807) is 0 Å². The number of nitrogens with one attached hydrogen (secondary N) is 2. The molecule has 2 rings (SSSR count). The third kappa shape index (κ3) is 3.09. The Kier molecular flexibility index (Phi) is 3.99. The molecular formula is C14H20N2O2. The van der Waals surface area contributed by atoms with Gasteiger partial charge in [-0.05, 0) is 23.6 Å². The lowest BCUT2D eigenvalue weighted by molar-refractivity contribution is -0.116. The Morgan fingerprint density at radius 1 is 1.39 bits per heavy atom. The zero-order valence-electron chi connectivity index (χ0n) is 10.9. The van der Waals surface area contributed by atoms with Gasteiger partial charge in [-0.15, -0.1) is 0 Å². The average molecular weight is 248 g/mol. The normalized spacial score (nSPS) is 16.3. The largest absolute Gasteiger partial charge is 0.387 e. The van der Waals surface area contributed by atoms with Crippen LogP contribution in [0, 0.1) is 0 Å². The maximum atomic E-state index is 11.3. The highest BCUT2D eigenvalue weighted by molar-refractivity contribution is 5.93. The molecule has 1 aliphatic rings. The molecule has 0 fully saturated rings. The summed E-state index contributed by atoms with van der Waals surface area (Å²) in [5, 5.41) is 16.1. The summed E-state index contributed by atoms with van der Waals surface area (Å²) < 4.78 is 0. The van der Waals surface area contributed by atoms with Crippen LogP contribution >= 0.6 is 0 Å². The molecule has 18 heavy (non-hydrogen) atoms. The number of carbonyl (C=O) groups is 1. The van der Waals surface area contributed by atoms with Gasteiger partial charge in [-0.2, -0.15) is 0 Å². The van der Waals surface area contributed by atoms with E-state index in [9.17, 15) is 9.90 Å². The molecular weight excluding hydrogens is 228 g/mol. The van der Waals surface area contributed by atoms with Crippen LogP contribution < -0.4 is 10.6 Å². The highest BCUT2D eigenvalue weighted by atomic mass is 16.3. The van der Waals surface area contributed by atoms with E-state index in [1.165, 1.54) is 0 Å². The number of amides is 1. The van der Waals surface area contributed by atoms with Crippen LogP contribution in [0.3, 0.4) is 0 Å². The Bertz CT molecular complexity index is 443. The van der Waals surface area contributed by atoms with E-state index in [-0.39, 0.29) is 5.91 Å². The van der Waals surface area contributed by atoms with Gasteiger partial charge in [-0.25, -0.2) is 0 Å². The monoisotopic (exact) mass is 248 g/mol. The quantitative estimate of drug-likeness (QED) is 0.758. The lowest BCUT2D eigenvalue weighted by atomic mass is 9.98. The number of aliphatic hydroxyl groups is 1. The molecule has 1 aromatic rings. The summed E-state index contributed by atoms with van der Waals surface area (Å²) in [6.45, 7) is 4.65. The number of anilines is 1. The van der Waals surface area contributed by atoms with Crippen molar-refractivity contribution in [3.63, 3.8) is 0 Å². The zero-order valence-corrected chi connectivity index (χ0v) is 10.9. The van der Waals surface area contributed by atoms with Crippen molar-refractivity contribution in [2.45, 2.75) is 38.8 Å². The number of carbonyl (C=O) groups excluding carboxylic acids is 1. The fourth-order valence-electron chi connectivity index (χ4n) is 2.08. The first-order valence-corrected chi connectivity index (χ1v) is 6.40. The predicted octanol–water partition coefficient (Wildman–Crippen LogP) is 1.60. The van der Waals surface area contributed by atoms with Crippen molar-refractivity contribution in [3.8, 4) is 0 Å². The molecule has 0 spiro atoms. The van der Waals surface area contributed by atoms with E-state index in [1.807, 2.05) is 18.2 Å². The van der Waals surface area contributed by atoms with Crippen LogP contribution in [0.2, 0.25) is 0 Å². The van der Waals surface area contributed by atoms with E-state index in [4.69, 9.17) is 0 Å². The van der Waals surface area contributed by atoms with Gasteiger partial charge in [0.15, 0.2) is 0 Å². The Labute approximate surface area is 107 Å². The van der Waals surface area contributed by atoms with Crippen LogP contribution in [-0.4, -0.2) is 23.6 Å². The van der Waals surface area contributed by atoms with Gasteiger partial charge in [-0.1, -0.05) is 26.0 Å². The fraction of sp³-hybridized carbons (Fsp3) is 0.500. The lowest BCUT2D eigenvalue weighted by Gasteiger charge is -2.20. The van der Waals surface area contributed by atoms with Crippen LogP contribution in [-0.2, 0) is 11.2 Å². The first-order valence-electron chi connectivity index (χ1n) is 6.40. The third-order valence-corrected chi connectivity index (χ3v) is 3.13. The highest BCUT2D eigenvalue weighted by Gasteiger charge is 2.16. The van der Waals surface area contributed by atoms with Crippen molar-refractivity contribution < 1.29 is 9.90 Å². The summed E-state index contributed by atoms with van der Waals surface area (Å²) in [4.78, 5) is 11.3. The van der Waals surface area contributed by atoms with E-state index < -0.39 is 6.10 Å². The summed E-state index contributed by atoms with van der Waals surface area (Å²) in [7, 11) is 0. The van der Waals surface area contributed by atoms with Crippen LogP contribution in [0.5, 0.6) is 0 Å². The van der Waals surface area contributed by atoms with Crippen molar-refractivity contribution in [2.24, 2.45) is 0 Å². The minimum atomic E-state index is -0.504. The van der Waals surface area contributed by atoms with Crippen LogP contribution in [0.15, 0.2) is 18.2 Å². The highest BCUT2D eigenvalue weighted by Crippen LogP contribution is 2.25. The molecule has 1 amide bonds. The van der Waals surface area contributed by atoms with Gasteiger partial charge in [0.1, 0.15) is 0 Å². The predicted molar refractivity (Wildman–Crippen MR) is 71.5 cm³/mol. The molecule has 0 saturated carbocycles. The Hall–Kier alpha value is -1.39. The van der Waals surface area contributed by atoms with Crippen molar-refractivity contribution in [3.05, 3.63) is 29.3 Å². The van der Waals surface area contributed by atoms with Gasteiger partial charge < -0.3 is 15.7 Å². The smallest absolute Gasteiger partial charge is 0.224 e. The van der Waals surface area contributed by atoms with Gasteiger partial charge in [0.2, 0.25) is 5.91 Å². The second-order valence-corrected chi connectivity index (χ2v) is 5.04. The molecule has 4 heteroatoms. The summed E-state index contributed by atoms with van der Waals surface area (Å²) in [6, 6.07) is 6.09. The molecule has 98 valence electrons. The van der Waals surface area contributed by atoms with E-state index in [2.05, 4.69) is 24.5 Å². The molecule has 1 aliphatic heterocycles. The maximum absolute atomic E-state index is 11.3. The standard InChI is InChI=1S/C14H20N2O2/c1-9(2)15-8-13(17)11-3-5-12-10(7-11)4-6-14(18)16-12/h3,5,7,9,13,15,17H,4,6,8H2,1-2H3,(H,16,18). The molecule has 0 aliphatic carbocycles. The maximum Gasteiger partial charge on any atom is 0.224 e. The molecule has 3 N–H and O–H groups in total. The minimum Gasteiger partial charge on any atom is -0.387 e. The minimum absolute atomic E-state index is 0.0669. The Morgan fingerprint density at radius 3 is 2.89 bits per heavy atom. The topological polar surface area (TPSA) is 61.4 Å². The van der Waals surface area contributed by atoms with E-state index in [0.717, 1.165) is 23.2 Å². The van der Waals surface area contributed by atoms with Gasteiger partial charge >= 0.3 is 0 Å². The Balaban J connectivity index is 2.08. The molecule has 1 atom stereocenters. The molecule has 4 nitrogen and oxygen atoms in total. The molecule has 0 saturated heterocycles. The number of fused-ring (bicyclic) bond motifs is 1. The number of benzene rings is 1. The van der Waals surface area contributed by atoms with Crippen LogP contribution in [0.1, 0.15) is 37.5 Å². The van der Waals surface area contributed by atoms with Gasteiger partial charge in [0.05, 0.1) is 6.10 Å². The molecule has 1 unspecified atom stereocenters. The first kappa shape index (κ1) is 13.1. The van der Waals surface area contributed by atoms with Gasteiger partial charge in [-0.3, -0.25) is 4.79 Å². The molecule has 1 heterocycles.